The average molecular weight is 351 g/mol. The predicted octanol–water partition coefficient (Wildman–Crippen LogP) is 1.78. The zero-order chi connectivity index (χ0) is 14.6. The third-order valence-electron chi connectivity index (χ3n) is 2.81. The zero-order valence-electron chi connectivity index (χ0n) is 11.0. The van der Waals surface area contributed by atoms with Gasteiger partial charge in [0.25, 0.3) is 0 Å². The van der Waals surface area contributed by atoms with Crippen LogP contribution in [-0.4, -0.2) is 26.2 Å². The molecule has 1 aromatic carbocycles. The maximum atomic E-state index is 12.3. The first-order valence-electron chi connectivity index (χ1n) is 5.96. The summed E-state index contributed by atoms with van der Waals surface area (Å²) in [5.41, 5.74) is 6.73. The summed E-state index contributed by atoms with van der Waals surface area (Å²) in [4.78, 5) is 0.176. The lowest BCUT2D eigenvalue weighted by Crippen LogP contribution is -2.33. The summed E-state index contributed by atoms with van der Waals surface area (Å²) < 4.78 is 27.8. The van der Waals surface area contributed by atoms with Gasteiger partial charge in [-0.25, -0.2) is 13.1 Å². The summed E-state index contributed by atoms with van der Waals surface area (Å²) in [5, 5.41) is 8.75. The number of nitrogens with two attached hydrogens (primary N) is 1. The van der Waals surface area contributed by atoms with E-state index in [-0.39, 0.29) is 17.5 Å². The van der Waals surface area contributed by atoms with E-state index in [1.54, 1.807) is 19.9 Å². The van der Waals surface area contributed by atoms with Crippen molar-refractivity contribution in [3.05, 3.63) is 22.2 Å². The van der Waals surface area contributed by atoms with Crippen LogP contribution in [0.3, 0.4) is 0 Å². The smallest absolute Gasteiger partial charge is 0.241 e. The Hall–Kier alpha value is -0.630. The van der Waals surface area contributed by atoms with Gasteiger partial charge in [-0.05, 0) is 44.4 Å². The number of nitrogen functional groups attached to an aromatic ring is 1. The minimum absolute atomic E-state index is 0.0505. The number of rotatable bonds is 6. The van der Waals surface area contributed by atoms with Crippen molar-refractivity contribution >= 4 is 31.6 Å². The molecule has 0 aliphatic carbocycles. The van der Waals surface area contributed by atoms with Gasteiger partial charge in [0.15, 0.2) is 0 Å². The van der Waals surface area contributed by atoms with Crippen LogP contribution in [0.2, 0.25) is 0 Å². The molecule has 0 saturated carbocycles. The summed E-state index contributed by atoms with van der Waals surface area (Å²) >= 11 is 3.24. The lowest BCUT2D eigenvalue weighted by atomic mass is 10.2. The van der Waals surface area contributed by atoms with Crippen molar-refractivity contribution in [2.45, 2.75) is 37.6 Å². The van der Waals surface area contributed by atoms with Crippen LogP contribution in [0, 0.1) is 6.92 Å². The van der Waals surface area contributed by atoms with Crippen LogP contribution in [0.25, 0.3) is 0 Å². The van der Waals surface area contributed by atoms with E-state index in [2.05, 4.69) is 20.7 Å². The molecule has 108 valence electrons. The topological polar surface area (TPSA) is 92.4 Å². The van der Waals surface area contributed by atoms with Gasteiger partial charge in [0.05, 0.1) is 4.90 Å². The summed E-state index contributed by atoms with van der Waals surface area (Å²) in [6, 6.07) is 2.97. The fraction of sp³-hybridized carbons (Fsp3) is 0.500. The van der Waals surface area contributed by atoms with Crippen molar-refractivity contribution in [1.82, 2.24) is 4.72 Å². The average Bonchev–Trinajstić information content (AvgIpc) is 2.30. The van der Waals surface area contributed by atoms with Gasteiger partial charge in [-0.15, -0.1) is 0 Å². The van der Waals surface area contributed by atoms with E-state index in [0.717, 1.165) is 0 Å². The lowest BCUT2D eigenvalue weighted by molar-refractivity contribution is 0.279. The number of hydrogen-bond acceptors (Lipinski definition) is 4. The van der Waals surface area contributed by atoms with Gasteiger partial charge in [0, 0.05) is 22.8 Å². The van der Waals surface area contributed by atoms with Crippen molar-refractivity contribution in [3.63, 3.8) is 0 Å². The number of anilines is 1. The Morgan fingerprint density at radius 2 is 2.11 bits per heavy atom. The highest BCUT2D eigenvalue weighted by atomic mass is 79.9. The van der Waals surface area contributed by atoms with Gasteiger partial charge in [-0.1, -0.05) is 15.9 Å². The highest BCUT2D eigenvalue weighted by Gasteiger charge is 2.21. The van der Waals surface area contributed by atoms with E-state index >= 15 is 0 Å². The molecule has 1 aromatic rings. The number of nitrogens with one attached hydrogen (secondary N) is 1. The lowest BCUT2D eigenvalue weighted by Gasteiger charge is -2.16. The highest BCUT2D eigenvalue weighted by Crippen LogP contribution is 2.26. The minimum Gasteiger partial charge on any atom is -0.398 e. The van der Waals surface area contributed by atoms with Crippen molar-refractivity contribution in [1.29, 1.82) is 0 Å². The van der Waals surface area contributed by atoms with Crippen molar-refractivity contribution in [2.75, 3.05) is 12.3 Å². The van der Waals surface area contributed by atoms with Crippen LogP contribution in [0.15, 0.2) is 21.5 Å². The molecule has 1 rings (SSSR count). The molecule has 0 aromatic heterocycles. The first-order valence-corrected chi connectivity index (χ1v) is 8.24. The third kappa shape index (κ3) is 4.45. The molecule has 7 heteroatoms. The number of benzene rings is 1. The molecule has 0 amide bonds. The second kappa shape index (κ2) is 6.69. The summed E-state index contributed by atoms with van der Waals surface area (Å²) in [7, 11) is -3.61. The molecule has 1 atom stereocenters. The van der Waals surface area contributed by atoms with Gasteiger partial charge >= 0.3 is 0 Å². The molecule has 0 spiro atoms. The Balaban J connectivity index is 3.01. The first kappa shape index (κ1) is 16.4. The number of aliphatic hydroxyl groups is 1. The van der Waals surface area contributed by atoms with E-state index < -0.39 is 10.0 Å². The van der Waals surface area contributed by atoms with Crippen LogP contribution in [0.1, 0.15) is 25.3 Å². The van der Waals surface area contributed by atoms with Crippen molar-refractivity contribution < 1.29 is 13.5 Å². The molecule has 0 aliphatic rings. The number of aliphatic hydroxyl groups excluding tert-OH is 1. The van der Waals surface area contributed by atoms with Gasteiger partial charge in [-0.3, -0.25) is 0 Å². The summed E-state index contributed by atoms with van der Waals surface area (Å²) in [6.45, 7) is 3.49. The molecule has 4 N–H and O–H groups in total. The van der Waals surface area contributed by atoms with Crippen LogP contribution in [0.5, 0.6) is 0 Å². The first-order chi connectivity index (χ1) is 8.77. The molecule has 0 heterocycles. The Bertz CT molecular complexity index is 546. The van der Waals surface area contributed by atoms with Gasteiger partial charge in [0.2, 0.25) is 10.0 Å². The number of hydrogen-bond donors (Lipinski definition) is 3. The van der Waals surface area contributed by atoms with Crippen LogP contribution in [-0.2, 0) is 10.0 Å². The zero-order valence-corrected chi connectivity index (χ0v) is 13.4. The molecule has 0 aliphatic heterocycles. The summed E-state index contributed by atoms with van der Waals surface area (Å²) in [6.07, 6.45) is 1.14. The quantitative estimate of drug-likeness (QED) is 0.681. The molecule has 19 heavy (non-hydrogen) atoms. The molecule has 5 nitrogen and oxygen atoms in total. The van der Waals surface area contributed by atoms with E-state index in [4.69, 9.17) is 10.8 Å². The Morgan fingerprint density at radius 1 is 1.47 bits per heavy atom. The third-order valence-corrected chi connectivity index (χ3v) is 4.98. The second-order valence-corrected chi connectivity index (χ2v) is 7.10. The van der Waals surface area contributed by atoms with Crippen molar-refractivity contribution in [3.8, 4) is 0 Å². The van der Waals surface area contributed by atoms with Gasteiger partial charge in [-0.2, -0.15) is 0 Å². The molecule has 0 fully saturated rings. The fourth-order valence-electron chi connectivity index (χ4n) is 1.74. The molecule has 1 unspecified atom stereocenters. The predicted molar refractivity (Wildman–Crippen MR) is 79.4 cm³/mol. The fourth-order valence-corrected chi connectivity index (χ4v) is 3.94. The van der Waals surface area contributed by atoms with E-state index in [0.29, 0.717) is 28.6 Å². The molecule has 0 radical (unpaired) electrons. The van der Waals surface area contributed by atoms with Crippen LogP contribution >= 0.6 is 15.9 Å². The van der Waals surface area contributed by atoms with E-state index in [1.807, 2.05) is 0 Å². The number of sulfonamides is 1. The summed E-state index contributed by atoms with van der Waals surface area (Å²) in [5.74, 6) is 0. The normalized spacial score (nSPS) is 13.5. The molecular formula is C12H19BrN2O3S. The number of halogens is 1. The molecule has 0 bridgehead atoms. The molecular weight excluding hydrogens is 332 g/mol. The maximum Gasteiger partial charge on any atom is 0.241 e. The highest BCUT2D eigenvalue weighted by molar-refractivity contribution is 9.10. The minimum atomic E-state index is -3.61. The SMILES string of the molecule is Cc1c(N)cc(Br)cc1S(=O)(=O)NC(C)CCCO. The van der Waals surface area contributed by atoms with Crippen molar-refractivity contribution in [2.24, 2.45) is 0 Å². The standard InChI is InChI=1S/C12H19BrN2O3S/c1-8(4-3-5-16)15-19(17,18)12-7-10(13)6-11(14)9(12)2/h6-8,15-16H,3-5,14H2,1-2H3. The van der Waals surface area contributed by atoms with Gasteiger partial charge in [0.1, 0.15) is 0 Å². The molecule has 0 saturated heterocycles. The van der Waals surface area contributed by atoms with Crippen LogP contribution in [0.4, 0.5) is 5.69 Å². The van der Waals surface area contributed by atoms with E-state index in [9.17, 15) is 8.42 Å². The Morgan fingerprint density at radius 3 is 2.68 bits per heavy atom. The van der Waals surface area contributed by atoms with Gasteiger partial charge < -0.3 is 10.8 Å². The Kier molecular flexibility index (Phi) is 5.79. The monoisotopic (exact) mass is 350 g/mol. The maximum absolute atomic E-state index is 12.3. The second-order valence-electron chi connectivity index (χ2n) is 4.51. The largest absolute Gasteiger partial charge is 0.398 e. The van der Waals surface area contributed by atoms with E-state index in [1.165, 1.54) is 6.07 Å². The Labute approximate surface area is 122 Å². The van der Waals surface area contributed by atoms with Crippen LogP contribution < -0.4 is 10.5 Å².